The number of halogens is 1. The normalized spacial score (nSPS) is 27.5. The number of aliphatic imine (C=N–C) groups is 1. The van der Waals surface area contributed by atoms with Crippen LogP contribution in [0.2, 0.25) is 0 Å². The van der Waals surface area contributed by atoms with Crippen molar-refractivity contribution in [1.82, 2.24) is 25.7 Å². The molecule has 2 amide bonds. The molecule has 2 fully saturated rings. The second kappa shape index (κ2) is 8.64. The zero-order valence-electron chi connectivity index (χ0n) is 17.7. The van der Waals surface area contributed by atoms with Gasteiger partial charge in [-0.15, -0.1) is 24.0 Å². The Balaban J connectivity index is 0.00000256. The summed E-state index contributed by atoms with van der Waals surface area (Å²) in [7, 11) is 1.66. The van der Waals surface area contributed by atoms with Crippen LogP contribution >= 0.6 is 24.0 Å². The van der Waals surface area contributed by atoms with Crippen molar-refractivity contribution in [3.63, 3.8) is 0 Å². The first-order chi connectivity index (χ1) is 13.8. The highest BCUT2D eigenvalue weighted by atomic mass is 127. The smallest absolute Gasteiger partial charge is 0.233 e. The van der Waals surface area contributed by atoms with E-state index in [1.807, 2.05) is 20.8 Å². The molecule has 0 aromatic carbocycles. The Bertz CT molecular complexity index is 844. The second-order valence-electron chi connectivity index (χ2n) is 8.95. The average Bonchev–Trinajstić information content (AvgIpc) is 3.43. The Morgan fingerprint density at radius 2 is 1.83 bits per heavy atom. The van der Waals surface area contributed by atoms with Gasteiger partial charge in [-0.3, -0.25) is 19.5 Å². The minimum absolute atomic E-state index is 0. The highest BCUT2D eigenvalue weighted by Crippen LogP contribution is 2.52. The molecule has 1 saturated carbocycles. The van der Waals surface area contributed by atoms with E-state index in [4.69, 9.17) is 4.52 Å². The quantitative estimate of drug-likeness (QED) is 0.196. The summed E-state index contributed by atoms with van der Waals surface area (Å²) in [6, 6.07) is 0. The number of amides is 2. The molecule has 3 aliphatic rings. The summed E-state index contributed by atoms with van der Waals surface area (Å²) in [6.45, 7) is 7.15. The van der Waals surface area contributed by atoms with Crippen LogP contribution < -0.4 is 10.6 Å². The largest absolute Gasteiger partial charge is 0.355 e. The Morgan fingerprint density at radius 1 is 1.20 bits per heavy atom. The Hall–Kier alpha value is -1.98. The minimum atomic E-state index is -0.201. The summed E-state index contributed by atoms with van der Waals surface area (Å²) in [5.41, 5.74) is -0.201. The van der Waals surface area contributed by atoms with Crippen molar-refractivity contribution in [2.75, 3.05) is 20.1 Å². The molecule has 4 rings (SSSR count). The Kier molecular flexibility index (Phi) is 6.54. The average molecular weight is 528 g/mol. The lowest BCUT2D eigenvalue weighted by Gasteiger charge is -2.18. The predicted molar refractivity (Wildman–Crippen MR) is 121 cm³/mol. The van der Waals surface area contributed by atoms with E-state index in [2.05, 4.69) is 37.9 Å². The van der Waals surface area contributed by atoms with Crippen LogP contribution in [0.15, 0.2) is 21.7 Å². The molecule has 4 unspecified atom stereocenters. The summed E-state index contributed by atoms with van der Waals surface area (Å²) in [5, 5.41) is 10.2. The van der Waals surface area contributed by atoms with Crippen molar-refractivity contribution in [2.24, 2.45) is 28.7 Å². The molecule has 2 aliphatic carbocycles. The number of fused-ring (bicyclic) bond motifs is 5. The topological polar surface area (TPSA) is 113 Å². The Morgan fingerprint density at radius 3 is 2.37 bits per heavy atom. The number of carbonyl (C=O) groups is 2. The zero-order valence-corrected chi connectivity index (χ0v) is 20.0. The fourth-order valence-electron chi connectivity index (χ4n) is 4.48. The van der Waals surface area contributed by atoms with Crippen molar-refractivity contribution < 1.29 is 14.1 Å². The van der Waals surface area contributed by atoms with Gasteiger partial charge in [-0.1, -0.05) is 38.1 Å². The standard InChI is InChI=1S/C20H28N6O3.HI/c1-20(2,3)18-24-13(25-29-18)10-23-19(21-4)22-7-8-26-16(27)14-11-5-6-12(9-11)15(14)17(26)28;/h5-6,11-12,14-15H,7-10H2,1-4H3,(H2,21,22,23);1H. The molecule has 4 atom stereocenters. The third kappa shape index (κ3) is 4.10. The van der Waals surface area contributed by atoms with Crippen molar-refractivity contribution >= 4 is 41.8 Å². The lowest BCUT2D eigenvalue weighted by Crippen LogP contribution is -2.43. The summed E-state index contributed by atoms with van der Waals surface area (Å²) >= 11 is 0. The molecule has 164 valence electrons. The van der Waals surface area contributed by atoms with E-state index in [1.165, 1.54) is 4.90 Å². The van der Waals surface area contributed by atoms with Gasteiger partial charge in [0.25, 0.3) is 0 Å². The van der Waals surface area contributed by atoms with Crippen LogP contribution in [0, 0.1) is 23.7 Å². The molecule has 2 bridgehead atoms. The van der Waals surface area contributed by atoms with Gasteiger partial charge in [0.05, 0.1) is 18.4 Å². The van der Waals surface area contributed by atoms with E-state index in [0.717, 1.165) is 6.42 Å². The Labute approximate surface area is 193 Å². The molecule has 1 aromatic rings. The maximum Gasteiger partial charge on any atom is 0.233 e. The molecule has 9 nitrogen and oxygen atoms in total. The number of hydrogen-bond donors (Lipinski definition) is 2. The number of imide groups is 1. The van der Waals surface area contributed by atoms with Gasteiger partial charge in [0, 0.05) is 25.6 Å². The van der Waals surface area contributed by atoms with E-state index in [0.29, 0.717) is 37.3 Å². The number of rotatable bonds is 5. The number of hydrogen-bond acceptors (Lipinski definition) is 6. The van der Waals surface area contributed by atoms with Crippen LogP contribution in [0.4, 0.5) is 0 Å². The molecule has 0 spiro atoms. The van der Waals surface area contributed by atoms with Gasteiger partial charge in [0.15, 0.2) is 11.8 Å². The van der Waals surface area contributed by atoms with Gasteiger partial charge in [0.2, 0.25) is 17.7 Å². The van der Waals surface area contributed by atoms with Crippen molar-refractivity contribution in [2.45, 2.75) is 39.2 Å². The minimum Gasteiger partial charge on any atom is -0.355 e. The fourth-order valence-corrected chi connectivity index (χ4v) is 4.48. The van der Waals surface area contributed by atoms with Crippen LogP contribution in [-0.2, 0) is 21.5 Å². The van der Waals surface area contributed by atoms with Crippen LogP contribution in [0.25, 0.3) is 0 Å². The third-order valence-corrected chi connectivity index (χ3v) is 5.94. The molecule has 0 radical (unpaired) electrons. The first-order valence-electron chi connectivity index (χ1n) is 10.1. The molecule has 1 aliphatic heterocycles. The van der Waals surface area contributed by atoms with Gasteiger partial charge < -0.3 is 15.2 Å². The maximum absolute atomic E-state index is 12.7. The molecule has 1 aromatic heterocycles. The molecule has 10 heteroatoms. The lowest BCUT2D eigenvalue weighted by atomic mass is 9.85. The molecular weight excluding hydrogens is 499 g/mol. The van der Waals surface area contributed by atoms with Gasteiger partial charge in [0.1, 0.15) is 0 Å². The van der Waals surface area contributed by atoms with Gasteiger partial charge in [-0.05, 0) is 18.3 Å². The molecule has 2 N–H and O–H groups in total. The summed E-state index contributed by atoms with van der Waals surface area (Å²) in [4.78, 5) is 35.3. The highest BCUT2D eigenvalue weighted by Gasteiger charge is 2.58. The number of allylic oxidation sites excluding steroid dienone is 2. The summed E-state index contributed by atoms with van der Waals surface area (Å²) in [5.74, 6) is 1.80. The monoisotopic (exact) mass is 528 g/mol. The molecule has 2 heterocycles. The zero-order chi connectivity index (χ0) is 20.8. The summed E-state index contributed by atoms with van der Waals surface area (Å²) < 4.78 is 5.28. The van der Waals surface area contributed by atoms with E-state index < -0.39 is 0 Å². The number of carbonyl (C=O) groups excluding carboxylic acids is 2. The van der Waals surface area contributed by atoms with Crippen molar-refractivity contribution in [3.8, 4) is 0 Å². The van der Waals surface area contributed by atoms with Crippen LogP contribution in [-0.4, -0.2) is 53.0 Å². The molecule has 30 heavy (non-hydrogen) atoms. The van der Waals surface area contributed by atoms with Crippen LogP contribution in [0.3, 0.4) is 0 Å². The van der Waals surface area contributed by atoms with Crippen molar-refractivity contribution in [3.05, 3.63) is 23.9 Å². The van der Waals surface area contributed by atoms with Gasteiger partial charge in [-0.25, -0.2) is 0 Å². The fraction of sp³-hybridized carbons (Fsp3) is 0.650. The van der Waals surface area contributed by atoms with Crippen LogP contribution in [0.1, 0.15) is 38.9 Å². The van der Waals surface area contributed by atoms with E-state index >= 15 is 0 Å². The first-order valence-corrected chi connectivity index (χ1v) is 10.1. The van der Waals surface area contributed by atoms with Gasteiger partial charge in [-0.2, -0.15) is 4.98 Å². The summed E-state index contributed by atoms with van der Waals surface area (Å²) in [6.07, 6.45) is 5.16. The van der Waals surface area contributed by atoms with E-state index in [-0.39, 0.29) is 64.9 Å². The maximum atomic E-state index is 12.7. The number of nitrogens with one attached hydrogen (secondary N) is 2. The third-order valence-electron chi connectivity index (χ3n) is 5.94. The number of aromatic nitrogens is 2. The lowest BCUT2D eigenvalue weighted by molar-refractivity contribution is -0.140. The van der Waals surface area contributed by atoms with E-state index in [9.17, 15) is 9.59 Å². The predicted octanol–water partition coefficient (Wildman–Crippen LogP) is 1.46. The van der Waals surface area contributed by atoms with E-state index in [1.54, 1.807) is 7.05 Å². The number of likely N-dealkylation sites (tertiary alicyclic amines) is 1. The van der Waals surface area contributed by atoms with Gasteiger partial charge >= 0.3 is 0 Å². The number of guanidine groups is 1. The molecular formula is C20H29IN6O3. The second-order valence-corrected chi connectivity index (χ2v) is 8.95. The number of nitrogens with zero attached hydrogens (tertiary/aromatic N) is 4. The molecule has 1 saturated heterocycles. The first kappa shape index (κ1) is 22.7. The van der Waals surface area contributed by atoms with Crippen LogP contribution in [0.5, 0.6) is 0 Å². The van der Waals surface area contributed by atoms with Crippen molar-refractivity contribution in [1.29, 1.82) is 0 Å². The highest BCUT2D eigenvalue weighted by molar-refractivity contribution is 14.0. The SMILES string of the molecule is CN=C(NCCN1C(=O)C2C3C=CC(C3)C2C1=O)NCc1noc(C(C)(C)C)n1.I.